The molecule has 0 saturated heterocycles. The van der Waals surface area contributed by atoms with Gasteiger partial charge in [-0.25, -0.2) is 0 Å². The molecule has 3 N–H and O–H groups in total. The van der Waals surface area contributed by atoms with Crippen LogP contribution in [-0.2, 0) is 4.79 Å². The Labute approximate surface area is 127 Å². The summed E-state index contributed by atoms with van der Waals surface area (Å²) < 4.78 is 10.5. The van der Waals surface area contributed by atoms with Gasteiger partial charge in [-0.2, -0.15) is 0 Å². The Morgan fingerprint density at radius 1 is 1.29 bits per heavy atom. The number of hydrogen-bond acceptors (Lipinski definition) is 4. The third-order valence-corrected chi connectivity index (χ3v) is 2.90. The highest BCUT2D eigenvalue weighted by Gasteiger charge is 2.09. The Hall–Kier alpha value is -2.40. The molecule has 0 atom stereocenters. The molecule has 2 aromatic carbocycles. The number of benzene rings is 2. The van der Waals surface area contributed by atoms with Gasteiger partial charge in [0.15, 0.2) is 6.61 Å². The normalized spacial score (nSPS) is 10.0. The molecule has 0 spiro atoms. The minimum absolute atomic E-state index is 0.140. The van der Waals surface area contributed by atoms with Crippen LogP contribution in [0.3, 0.4) is 0 Å². The molecule has 2 aromatic rings. The lowest BCUT2D eigenvalue weighted by atomic mass is 10.3. The zero-order chi connectivity index (χ0) is 15.2. The van der Waals surface area contributed by atoms with Crippen molar-refractivity contribution in [1.82, 2.24) is 0 Å². The van der Waals surface area contributed by atoms with Crippen LogP contribution in [0.2, 0.25) is 5.02 Å². The highest BCUT2D eigenvalue weighted by molar-refractivity contribution is 6.31. The molecule has 0 saturated carbocycles. The van der Waals surface area contributed by atoms with Gasteiger partial charge in [-0.15, -0.1) is 0 Å². The predicted octanol–water partition coefficient (Wildman–Crippen LogP) is 2.95. The van der Waals surface area contributed by atoms with Crippen LogP contribution in [-0.4, -0.2) is 19.6 Å². The van der Waals surface area contributed by atoms with Gasteiger partial charge >= 0.3 is 0 Å². The lowest BCUT2D eigenvalue weighted by molar-refractivity contribution is -0.118. The van der Waals surface area contributed by atoms with Gasteiger partial charge < -0.3 is 20.5 Å². The Morgan fingerprint density at radius 2 is 2.10 bits per heavy atom. The van der Waals surface area contributed by atoms with Crippen LogP contribution in [0, 0.1) is 0 Å². The third-order valence-electron chi connectivity index (χ3n) is 2.66. The molecule has 0 radical (unpaired) electrons. The van der Waals surface area contributed by atoms with E-state index in [1.54, 1.807) is 42.5 Å². The van der Waals surface area contributed by atoms with E-state index in [0.717, 1.165) is 0 Å². The summed E-state index contributed by atoms with van der Waals surface area (Å²) in [5, 5.41) is 3.19. The van der Waals surface area contributed by atoms with Gasteiger partial charge in [-0.3, -0.25) is 4.79 Å². The van der Waals surface area contributed by atoms with Crippen molar-refractivity contribution in [3.8, 4) is 11.5 Å². The van der Waals surface area contributed by atoms with E-state index < -0.39 is 0 Å². The second-order valence-electron chi connectivity index (χ2n) is 4.25. The van der Waals surface area contributed by atoms with Crippen LogP contribution < -0.4 is 20.5 Å². The van der Waals surface area contributed by atoms with Gasteiger partial charge in [0.05, 0.1) is 12.8 Å². The second-order valence-corrected chi connectivity index (χ2v) is 4.69. The Balaban J connectivity index is 1.97. The number of anilines is 2. The van der Waals surface area contributed by atoms with E-state index >= 15 is 0 Å². The van der Waals surface area contributed by atoms with Crippen molar-refractivity contribution in [2.24, 2.45) is 0 Å². The number of halogens is 1. The largest absolute Gasteiger partial charge is 0.495 e. The molecule has 0 aliphatic rings. The maximum absolute atomic E-state index is 11.9. The fraction of sp³-hybridized carbons (Fsp3) is 0.133. The van der Waals surface area contributed by atoms with Crippen molar-refractivity contribution in [2.75, 3.05) is 24.8 Å². The smallest absolute Gasteiger partial charge is 0.262 e. The molecule has 110 valence electrons. The zero-order valence-electron chi connectivity index (χ0n) is 11.4. The van der Waals surface area contributed by atoms with Crippen LogP contribution in [0.4, 0.5) is 11.4 Å². The minimum atomic E-state index is -0.321. The van der Waals surface area contributed by atoms with Crippen LogP contribution in [0.25, 0.3) is 0 Å². The number of amides is 1. The van der Waals surface area contributed by atoms with Gasteiger partial charge in [-0.1, -0.05) is 17.7 Å². The first-order chi connectivity index (χ1) is 10.1. The van der Waals surface area contributed by atoms with Gasteiger partial charge in [0.25, 0.3) is 5.91 Å². The quantitative estimate of drug-likeness (QED) is 0.833. The molecule has 6 heteroatoms. The molecule has 21 heavy (non-hydrogen) atoms. The summed E-state index contributed by atoms with van der Waals surface area (Å²) in [5.41, 5.74) is 6.70. The fourth-order valence-electron chi connectivity index (χ4n) is 1.72. The molecule has 0 aliphatic carbocycles. The molecule has 5 nitrogen and oxygen atoms in total. The number of hydrogen-bond donors (Lipinski definition) is 2. The Bertz CT molecular complexity index is 647. The highest BCUT2D eigenvalue weighted by Crippen LogP contribution is 2.27. The van der Waals surface area contributed by atoms with E-state index in [2.05, 4.69) is 5.32 Å². The average Bonchev–Trinajstić information content (AvgIpc) is 2.45. The first kappa shape index (κ1) is 15.0. The first-order valence-electron chi connectivity index (χ1n) is 6.20. The molecule has 0 aromatic heterocycles. The SMILES string of the molecule is COc1ccc(Cl)cc1NC(=O)COc1cccc(N)c1. The van der Waals surface area contributed by atoms with Crippen LogP contribution in [0.15, 0.2) is 42.5 Å². The number of nitrogen functional groups attached to an aromatic ring is 1. The molecule has 0 unspecified atom stereocenters. The number of ether oxygens (including phenoxy) is 2. The van der Waals surface area contributed by atoms with Crippen molar-refractivity contribution < 1.29 is 14.3 Å². The molecular formula is C15H15ClN2O3. The summed E-state index contributed by atoms with van der Waals surface area (Å²) in [4.78, 5) is 11.9. The summed E-state index contributed by atoms with van der Waals surface area (Å²) in [6, 6.07) is 11.8. The maximum atomic E-state index is 11.9. The van der Waals surface area contributed by atoms with Gasteiger partial charge in [-0.05, 0) is 30.3 Å². The number of methoxy groups -OCH3 is 1. The summed E-state index contributed by atoms with van der Waals surface area (Å²) >= 11 is 5.90. The summed E-state index contributed by atoms with van der Waals surface area (Å²) in [6.45, 7) is -0.140. The van der Waals surface area contributed by atoms with Crippen molar-refractivity contribution in [3.63, 3.8) is 0 Å². The number of rotatable bonds is 5. The molecule has 2 rings (SSSR count). The van der Waals surface area contributed by atoms with E-state index in [1.165, 1.54) is 7.11 Å². The van der Waals surface area contributed by atoms with Crippen LogP contribution >= 0.6 is 11.6 Å². The van der Waals surface area contributed by atoms with Crippen molar-refractivity contribution in [3.05, 3.63) is 47.5 Å². The number of carbonyl (C=O) groups excluding carboxylic acids is 1. The van der Waals surface area contributed by atoms with Gasteiger partial charge in [0.2, 0.25) is 0 Å². The summed E-state index contributed by atoms with van der Waals surface area (Å²) in [5.74, 6) is 0.734. The Kier molecular flexibility index (Phi) is 4.90. The maximum Gasteiger partial charge on any atom is 0.262 e. The molecule has 0 bridgehead atoms. The van der Waals surface area contributed by atoms with E-state index in [4.69, 9.17) is 26.8 Å². The predicted molar refractivity (Wildman–Crippen MR) is 83.0 cm³/mol. The van der Waals surface area contributed by atoms with Crippen molar-refractivity contribution >= 4 is 28.9 Å². The molecule has 0 fully saturated rings. The second kappa shape index (κ2) is 6.85. The summed E-state index contributed by atoms with van der Waals surface area (Å²) in [6.07, 6.45) is 0. The van der Waals surface area contributed by atoms with Gasteiger partial charge in [0, 0.05) is 16.8 Å². The number of nitrogens with two attached hydrogens (primary N) is 1. The fourth-order valence-corrected chi connectivity index (χ4v) is 1.89. The zero-order valence-corrected chi connectivity index (χ0v) is 12.2. The lowest BCUT2D eigenvalue weighted by Gasteiger charge is -2.11. The van der Waals surface area contributed by atoms with Crippen LogP contribution in [0.1, 0.15) is 0 Å². The monoisotopic (exact) mass is 306 g/mol. The van der Waals surface area contributed by atoms with E-state index in [0.29, 0.717) is 27.9 Å². The van der Waals surface area contributed by atoms with E-state index in [9.17, 15) is 4.79 Å². The van der Waals surface area contributed by atoms with E-state index in [1.807, 2.05) is 0 Å². The van der Waals surface area contributed by atoms with E-state index in [-0.39, 0.29) is 12.5 Å². The molecule has 1 amide bonds. The lowest BCUT2D eigenvalue weighted by Crippen LogP contribution is -2.20. The average molecular weight is 307 g/mol. The molecule has 0 heterocycles. The minimum Gasteiger partial charge on any atom is -0.495 e. The molecular weight excluding hydrogens is 292 g/mol. The van der Waals surface area contributed by atoms with Crippen LogP contribution in [0.5, 0.6) is 11.5 Å². The molecule has 0 aliphatic heterocycles. The first-order valence-corrected chi connectivity index (χ1v) is 6.58. The third kappa shape index (κ3) is 4.29. The van der Waals surface area contributed by atoms with Crippen molar-refractivity contribution in [1.29, 1.82) is 0 Å². The highest BCUT2D eigenvalue weighted by atomic mass is 35.5. The number of nitrogens with one attached hydrogen (secondary N) is 1. The summed E-state index contributed by atoms with van der Waals surface area (Å²) in [7, 11) is 1.52. The van der Waals surface area contributed by atoms with Crippen molar-refractivity contribution in [2.45, 2.75) is 0 Å². The topological polar surface area (TPSA) is 73.6 Å². The van der Waals surface area contributed by atoms with Gasteiger partial charge in [0.1, 0.15) is 11.5 Å². The Morgan fingerprint density at radius 3 is 2.81 bits per heavy atom. The number of carbonyl (C=O) groups is 1. The standard InChI is InChI=1S/C15H15ClN2O3/c1-20-14-6-5-10(16)7-13(14)18-15(19)9-21-12-4-2-3-11(17)8-12/h2-8H,9,17H2,1H3,(H,18,19).